The second-order valence-corrected chi connectivity index (χ2v) is 6.83. The average molecular weight is 353 g/mol. The number of aryl methyl sites for hydroxylation is 1. The van der Waals surface area contributed by atoms with Crippen molar-refractivity contribution in [1.29, 1.82) is 0 Å². The molecule has 1 amide bonds. The van der Waals surface area contributed by atoms with Crippen LogP contribution in [0.25, 0.3) is 0 Å². The molecule has 1 fully saturated rings. The van der Waals surface area contributed by atoms with Crippen LogP contribution in [-0.4, -0.2) is 54.0 Å². The monoisotopic (exact) mass is 353 g/mol. The first kappa shape index (κ1) is 18.4. The highest BCUT2D eigenvalue weighted by Gasteiger charge is 2.21. The third-order valence-corrected chi connectivity index (χ3v) is 5.02. The predicted octanol–water partition coefficient (Wildman–Crippen LogP) is 3.06. The van der Waals surface area contributed by atoms with Gasteiger partial charge < -0.3 is 9.64 Å². The van der Waals surface area contributed by atoms with E-state index in [-0.39, 0.29) is 5.91 Å². The van der Waals surface area contributed by atoms with Crippen LogP contribution >= 0.6 is 0 Å². The molecule has 0 atom stereocenters. The lowest BCUT2D eigenvalue weighted by Crippen LogP contribution is -2.35. The van der Waals surface area contributed by atoms with Gasteiger partial charge in [-0.25, -0.2) is 0 Å². The zero-order valence-corrected chi connectivity index (χ0v) is 15.9. The number of aromatic nitrogens is 1. The maximum atomic E-state index is 12.7. The fourth-order valence-corrected chi connectivity index (χ4v) is 3.54. The molecular formula is C21H27N3O2. The lowest BCUT2D eigenvalue weighted by Gasteiger charge is -2.23. The van der Waals surface area contributed by atoms with Crippen molar-refractivity contribution in [2.45, 2.75) is 26.8 Å². The Labute approximate surface area is 155 Å². The topological polar surface area (TPSA) is 45.7 Å². The van der Waals surface area contributed by atoms with Gasteiger partial charge in [-0.3, -0.25) is 14.7 Å². The van der Waals surface area contributed by atoms with Crippen LogP contribution in [0.5, 0.6) is 5.75 Å². The van der Waals surface area contributed by atoms with E-state index in [1.165, 1.54) is 0 Å². The minimum Gasteiger partial charge on any atom is -0.496 e. The van der Waals surface area contributed by atoms with E-state index < -0.39 is 0 Å². The lowest BCUT2D eigenvalue weighted by atomic mass is 10.1. The van der Waals surface area contributed by atoms with Crippen LogP contribution in [0, 0.1) is 13.8 Å². The summed E-state index contributed by atoms with van der Waals surface area (Å²) in [6.07, 6.45) is 2.85. The number of rotatable bonds is 4. The number of methoxy groups -OCH3 is 1. The molecule has 0 saturated carbocycles. The van der Waals surface area contributed by atoms with Gasteiger partial charge in [0.05, 0.1) is 12.8 Å². The molecule has 0 unspecified atom stereocenters. The molecule has 1 aromatic heterocycles. The number of nitrogens with zero attached hydrogens (tertiary/aromatic N) is 3. The maximum Gasteiger partial charge on any atom is 0.253 e. The molecule has 26 heavy (non-hydrogen) atoms. The predicted molar refractivity (Wildman–Crippen MR) is 103 cm³/mol. The Kier molecular flexibility index (Phi) is 5.89. The van der Waals surface area contributed by atoms with Crippen LogP contribution in [-0.2, 0) is 6.54 Å². The molecule has 5 heteroatoms. The molecule has 0 radical (unpaired) electrons. The van der Waals surface area contributed by atoms with E-state index in [2.05, 4.69) is 16.8 Å². The second kappa shape index (κ2) is 8.32. The van der Waals surface area contributed by atoms with E-state index in [4.69, 9.17) is 4.74 Å². The molecule has 2 aromatic rings. The van der Waals surface area contributed by atoms with Gasteiger partial charge in [-0.15, -0.1) is 0 Å². The summed E-state index contributed by atoms with van der Waals surface area (Å²) in [6, 6.07) is 9.53. The largest absolute Gasteiger partial charge is 0.496 e. The van der Waals surface area contributed by atoms with Gasteiger partial charge >= 0.3 is 0 Å². The quantitative estimate of drug-likeness (QED) is 0.847. The SMILES string of the molecule is COc1c(C)cnc(CN2CCCN(C(=O)c3ccccc3)CC2)c1C. The third-order valence-electron chi connectivity index (χ3n) is 5.02. The smallest absolute Gasteiger partial charge is 0.253 e. The number of pyridine rings is 1. The molecule has 2 heterocycles. The minimum absolute atomic E-state index is 0.124. The summed E-state index contributed by atoms with van der Waals surface area (Å²) < 4.78 is 5.52. The molecule has 0 aliphatic carbocycles. The van der Waals surface area contributed by atoms with Gasteiger partial charge in [0.25, 0.3) is 5.91 Å². The Morgan fingerprint density at radius 3 is 2.62 bits per heavy atom. The molecule has 1 aromatic carbocycles. The Balaban J connectivity index is 1.65. The molecule has 138 valence electrons. The summed E-state index contributed by atoms with van der Waals surface area (Å²) in [5, 5.41) is 0. The first-order chi connectivity index (χ1) is 12.6. The molecule has 5 nitrogen and oxygen atoms in total. The fraction of sp³-hybridized carbons (Fsp3) is 0.429. The summed E-state index contributed by atoms with van der Waals surface area (Å²) in [7, 11) is 1.71. The van der Waals surface area contributed by atoms with Crippen molar-refractivity contribution in [1.82, 2.24) is 14.8 Å². The first-order valence-electron chi connectivity index (χ1n) is 9.16. The van der Waals surface area contributed by atoms with E-state index >= 15 is 0 Å². The van der Waals surface area contributed by atoms with Crippen molar-refractivity contribution in [3.63, 3.8) is 0 Å². The summed E-state index contributed by atoms with van der Waals surface area (Å²) in [4.78, 5) is 21.6. The highest BCUT2D eigenvalue weighted by molar-refractivity contribution is 5.94. The third kappa shape index (κ3) is 4.05. The van der Waals surface area contributed by atoms with Crippen molar-refractivity contribution in [3.8, 4) is 5.75 Å². The number of benzene rings is 1. The Morgan fingerprint density at radius 1 is 1.12 bits per heavy atom. The van der Waals surface area contributed by atoms with Crippen molar-refractivity contribution in [2.75, 3.05) is 33.3 Å². The van der Waals surface area contributed by atoms with E-state index in [1.807, 2.05) is 48.4 Å². The van der Waals surface area contributed by atoms with Gasteiger partial charge in [-0.05, 0) is 32.4 Å². The standard InChI is InChI=1S/C21H27N3O2/c1-16-14-22-19(17(2)20(16)26-3)15-23-10-7-11-24(13-12-23)21(25)18-8-5-4-6-9-18/h4-6,8-9,14H,7,10-13,15H2,1-3H3. The van der Waals surface area contributed by atoms with Gasteiger partial charge in [0.1, 0.15) is 5.75 Å². The molecule has 1 saturated heterocycles. The average Bonchev–Trinajstić information content (AvgIpc) is 2.90. The molecular weight excluding hydrogens is 326 g/mol. The number of carbonyl (C=O) groups excluding carboxylic acids is 1. The molecule has 3 rings (SSSR count). The van der Waals surface area contributed by atoms with E-state index in [0.29, 0.717) is 0 Å². The minimum atomic E-state index is 0.124. The molecule has 0 N–H and O–H groups in total. The van der Waals surface area contributed by atoms with Gasteiger partial charge in [0.15, 0.2) is 0 Å². The molecule has 0 bridgehead atoms. The number of hydrogen-bond acceptors (Lipinski definition) is 4. The van der Waals surface area contributed by atoms with Gasteiger partial charge in [0.2, 0.25) is 0 Å². The van der Waals surface area contributed by atoms with Gasteiger partial charge in [0, 0.05) is 55.6 Å². The number of amides is 1. The zero-order valence-electron chi connectivity index (χ0n) is 15.9. The highest BCUT2D eigenvalue weighted by Crippen LogP contribution is 2.25. The number of ether oxygens (including phenoxy) is 1. The highest BCUT2D eigenvalue weighted by atomic mass is 16.5. The molecule has 0 spiro atoms. The zero-order chi connectivity index (χ0) is 18.5. The molecule has 1 aliphatic rings. The van der Waals surface area contributed by atoms with Crippen LogP contribution < -0.4 is 4.74 Å². The van der Waals surface area contributed by atoms with Crippen LogP contribution in [0.3, 0.4) is 0 Å². The van der Waals surface area contributed by atoms with Crippen molar-refractivity contribution in [3.05, 3.63) is 58.9 Å². The number of hydrogen-bond donors (Lipinski definition) is 0. The summed E-state index contributed by atoms with van der Waals surface area (Å²) in [5.41, 5.74) is 3.98. The van der Waals surface area contributed by atoms with E-state index in [0.717, 1.165) is 67.3 Å². The van der Waals surface area contributed by atoms with Gasteiger partial charge in [-0.2, -0.15) is 0 Å². The van der Waals surface area contributed by atoms with Crippen LogP contribution in [0.4, 0.5) is 0 Å². The summed E-state index contributed by atoms with van der Waals surface area (Å²) >= 11 is 0. The van der Waals surface area contributed by atoms with Crippen molar-refractivity contribution in [2.24, 2.45) is 0 Å². The lowest BCUT2D eigenvalue weighted by molar-refractivity contribution is 0.0761. The maximum absolute atomic E-state index is 12.7. The van der Waals surface area contributed by atoms with Crippen molar-refractivity contribution < 1.29 is 9.53 Å². The summed E-state index contributed by atoms with van der Waals surface area (Å²) in [5.74, 6) is 1.05. The van der Waals surface area contributed by atoms with Crippen LogP contribution in [0.2, 0.25) is 0 Å². The fourth-order valence-electron chi connectivity index (χ4n) is 3.54. The first-order valence-corrected chi connectivity index (χ1v) is 9.16. The van der Waals surface area contributed by atoms with Crippen molar-refractivity contribution >= 4 is 5.91 Å². The Hall–Kier alpha value is -2.40. The summed E-state index contributed by atoms with van der Waals surface area (Å²) in [6.45, 7) is 8.24. The van der Waals surface area contributed by atoms with Gasteiger partial charge in [-0.1, -0.05) is 18.2 Å². The molecule has 1 aliphatic heterocycles. The number of carbonyl (C=O) groups is 1. The van der Waals surface area contributed by atoms with Crippen LogP contribution in [0.15, 0.2) is 36.5 Å². The van der Waals surface area contributed by atoms with E-state index in [9.17, 15) is 4.79 Å². The normalized spacial score (nSPS) is 15.6. The Morgan fingerprint density at radius 2 is 1.88 bits per heavy atom. The Bertz CT molecular complexity index is 761. The second-order valence-electron chi connectivity index (χ2n) is 6.83. The van der Waals surface area contributed by atoms with Crippen LogP contribution in [0.1, 0.15) is 33.6 Å². The van der Waals surface area contributed by atoms with E-state index in [1.54, 1.807) is 7.11 Å².